The average molecular weight is 298 g/mol. The van der Waals surface area contributed by atoms with Gasteiger partial charge in [0.25, 0.3) is 0 Å². The minimum Gasteiger partial charge on any atom is -0.350 e. The highest BCUT2D eigenvalue weighted by Gasteiger charge is 2.18. The molecule has 0 spiro atoms. The summed E-state index contributed by atoms with van der Waals surface area (Å²) < 4.78 is 0. The maximum Gasteiger partial charge on any atom is 0.220 e. The summed E-state index contributed by atoms with van der Waals surface area (Å²) in [5.41, 5.74) is 2.28. The van der Waals surface area contributed by atoms with Crippen molar-refractivity contribution in [1.29, 1.82) is 0 Å². The van der Waals surface area contributed by atoms with Crippen LogP contribution < -0.4 is 5.32 Å². The third-order valence-corrected chi connectivity index (χ3v) is 3.94. The number of carbonyl (C=O) groups is 1. The molecule has 1 aromatic rings. The Morgan fingerprint density at radius 2 is 2.12 bits per heavy atom. The number of halogens is 1. The van der Waals surface area contributed by atoms with Crippen LogP contribution in [-0.2, 0) is 11.2 Å². The molecule has 0 fully saturated rings. The second-order valence-corrected chi connectivity index (χ2v) is 5.62. The molecule has 1 aromatic carbocycles. The van der Waals surface area contributed by atoms with E-state index >= 15 is 0 Å². The average Bonchev–Trinajstić information content (AvgIpc) is 2.26. The van der Waals surface area contributed by atoms with E-state index in [1.807, 2.05) is 19.9 Å². The van der Waals surface area contributed by atoms with Crippen molar-refractivity contribution >= 4 is 21.8 Å². The summed E-state index contributed by atoms with van der Waals surface area (Å²) in [6, 6.07) is 8.29. The van der Waals surface area contributed by atoms with Gasteiger partial charge in [0, 0.05) is 17.3 Å². The topological polar surface area (TPSA) is 29.1 Å². The Balaban J connectivity index is 2.44. The van der Waals surface area contributed by atoms with E-state index in [0.29, 0.717) is 6.42 Å². The Bertz CT molecular complexity index is 388. The van der Waals surface area contributed by atoms with Gasteiger partial charge in [0.2, 0.25) is 5.91 Å². The highest BCUT2D eigenvalue weighted by atomic mass is 79.9. The van der Waals surface area contributed by atoms with Gasteiger partial charge in [-0.3, -0.25) is 4.79 Å². The molecule has 0 aromatic heterocycles. The first-order valence-electron chi connectivity index (χ1n) is 5.85. The smallest absolute Gasteiger partial charge is 0.220 e. The molecule has 2 nitrogen and oxygen atoms in total. The van der Waals surface area contributed by atoms with Crippen LogP contribution in [0.4, 0.5) is 0 Å². The van der Waals surface area contributed by atoms with E-state index in [-0.39, 0.29) is 11.4 Å². The van der Waals surface area contributed by atoms with E-state index in [4.69, 9.17) is 0 Å². The molecule has 1 N–H and O–H groups in total. The molecule has 1 amide bonds. The quantitative estimate of drug-likeness (QED) is 0.831. The zero-order valence-electron chi connectivity index (χ0n) is 10.7. The summed E-state index contributed by atoms with van der Waals surface area (Å²) in [7, 11) is 0. The fraction of sp³-hybridized carbons (Fsp3) is 0.500. The van der Waals surface area contributed by atoms with E-state index in [0.717, 1.165) is 11.8 Å². The van der Waals surface area contributed by atoms with Crippen molar-refractivity contribution in [2.75, 3.05) is 5.33 Å². The van der Waals surface area contributed by atoms with Crippen molar-refractivity contribution in [2.24, 2.45) is 0 Å². The molecule has 0 saturated heterocycles. The Morgan fingerprint density at radius 1 is 1.41 bits per heavy atom. The summed E-state index contributed by atoms with van der Waals surface area (Å²) in [4.78, 5) is 11.7. The number of nitrogens with one attached hydrogen (secondary N) is 1. The molecule has 0 aliphatic rings. The van der Waals surface area contributed by atoms with Crippen molar-refractivity contribution in [2.45, 2.75) is 39.2 Å². The van der Waals surface area contributed by atoms with E-state index in [1.54, 1.807) is 0 Å². The van der Waals surface area contributed by atoms with Crippen LogP contribution in [0.25, 0.3) is 0 Å². The van der Waals surface area contributed by atoms with E-state index < -0.39 is 0 Å². The lowest BCUT2D eigenvalue weighted by atomic mass is 10.1. The summed E-state index contributed by atoms with van der Waals surface area (Å²) >= 11 is 3.39. The summed E-state index contributed by atoms with van der Waals surface area (Å²) in [5.74, 6) is 0.107. The summed E-state index contributed by atoms with van der Waals surface area (Å²) in [5, 5.41) is 3.77. The zero-order valence-corrected chi connectivity index (χ0v) is 12.3. The van der Waals surface area contributed by atoms with Gasteiger partial charge in [-0.15, -0.1) is 0 Å². The Morgan fingerprint density at radius 3 is 2.71 bits per heavy atom. The van der Waals surface area contributed by atoms with Crippen LogP contribution in [0.2, 0.25) is 0 Å². The van der Waals surface area contributed by atoms with Crippen LogP contribution in [0.5, 0.6) is 0 Å². The highest BCUT2D eigenvalue weighted by Crippen LogP contribution is 2.09. The second-order valence-electron chi connectivity index (χ2n) is 5.05. The van der Waals surface area contributed by atoms with Gasteiger partial charge < -0.3 is 5.32 Å². The van der Waals surface area contributed by atoms with Crippen molar-refractivity contribution in [3.05, 3.63) is 35.4 Å². The Hall–Kier alpha value is -0.830. The van der Waals surface area contributed by atoms with Crippen LogP contribution >= 0.6 is 15.9 Å². The highest BCUT2D eigenvalue weighted by molar-refractivity contribution is 9.09. The first-order chi connectivity index (χ1) is 7.93. The van der Waals surface area contributed by atoms with E-state index in [2.05, 4.69) is 46.4 Å². The minimum atomic E-state index is -0.177. The number of benzene rings is 1. The van der Waals surface area contributed by atoms with E-state index in [9.17, 15) is 4.79 Å². The largest absolute Gasteiger partial charge is 0.350 e. The zero-order chi connectivity index (χ0) is 12.9. The molecule has 94 valence electrons. The predicted molar refractivity (Wildman–Crippen MR) is 75.5 cm³/mol. The minimum absolute atomic E-state index is 0.107. The van der Waals surface area contributed by atoms with Crippen molar-refractivity contribution in [3.8, 4) is 0 Å². The van der Waals surface area contributed by atoms with Gasteiger partial charge in [0.05, 0.1) is 0 Å². The number of alkyl halides is 1. The number of rotatable bonds is 5. The van der Waals surface area contributed by atoms with Gasteiger partial charge in [0.1, 0.15) is 0 Å². The molecule has 17 heavy (non-hydrogen) atoms. The predicted octanol–water partition coefficient (Wildman–Crippen LogP) is 3.22. The summed E-state index contributed by atoms with van der Waals surface area (Å²) in [6.07, 6.45) is 1.34. The number of hydrogen-bond donors (Lipinski definition) is 1. The monoisotopic (exact) mass is 297 g/mol. The van der Waals surface area contributed by atoms with Gasteiger partial charge in [0.15, 0.2) is 0 Å². The number of aryl methyl sites for hydroxylation is 2. The van der Waals surface area contributed by atoms with Crippen LogP contribution in [0, 0.1) is 6.92 Å². The molecule has 1 rings (SSSR count). The van der Waals surface area contributed by atoms with Crippen molar-refractivity contribution in [1.82, 2.24) is 5.32 Å². The third kappa shape index (κ3) is 5.35. The summed E-state index contributed by atoms with van der Waals surface area (Å²) in [6.45, 7) is 6.08. The molecule has 0 radical (unpaired) electrons. The normalized spacial score (nSPS) is 11.3. The van der Waals surface area contributed by atoms with Gasteiger partial charge in [-0.1, -0.05) is 45.8 Å². The molecule has 0 bridgehead atoms. The first kappa shape index (κ1) is 14.2. The number of hydrogen-bond acceptors (Lipinski definition) is 1. The van der Waals surface area contributed by atoms with Crippen molar-refractivity contribution in [3.63, 3.8) is 0 Å². The lowest BCUT2D eigenvalue weighted by molar-refractivity contribution is -0.122. The lowest BCUT2D eigenvalue weighted by Crippen LogP contribution is -2.44. The fourth-order valence-corrected chi connectivity index (χ4v) is 1.74. The lowest BCUT2D eigenvalue weighted by Gasteiger charge is -2.23. The number of amides is 1. The maximum atomic E-state index is 11.7. The van der Waals surface area contributed by atoms with Crippen LogP contribution in [0.1, 0.15) is 31.4 Å². The maximum absolute atomic E-state index is 11.7. The van der Waals surface area contributed by atoms with Crippen LogP contribution in [0.3, 0.4) is 0 Å². The van der Waals surface area contributed by atoms with Crippen molar-refractivity contribution < 1.29 is 4.79 Å². The first-order valence-corrected chi connectivity index (χ1v) is 6.97. The molecule has 0 saturated carbocycles. The van der Waals surface area contributed by atoms with E-state index in [1.165, 1.54) is 11.1 Å². The van der Waals surface area contributed by atoms with Crippen LogP contribution in [-0.4, -0.2) is 16.8 Å². The SMILES string of the molecule is Cc1cccc(CCC(=O)NC(C)(C)CBr)c1. The molecule has 3 heteroatoms. The molecule has 0 heterocycles. The molecule has 0 aliphatic carbocycles. The van der Waals surface area contributed by atoms with Gasteiger partial charge >= 0.3 is 0 Å². The Kier molecular flexibility index (Phi) is 5.19. The van der Waals surface area contributed by atoms with Gasteiger partial charge in [-0.25, -0.2) is 0 Å². The van der Waals surface area contributed by atoms with Gasteiger partial charge in [-0.2, -0.15) is 0 Å². The second kappa shape index (κ2) is 6.20. The molecule has 0 aliphatic heterocycles. The molecular formula is C14H20BrNO. The third-order valence-electron chi connectivity index (χ3n) is 2.54. The molecule has 0 atom stereocenters. The van der Waals surface area contributed by atoms with Gasteiger partial charge in [-0.05, 0) is 32.8 Å². The fourth-order valence-electron chi connectivity index (χ4n) is 1.60. The molecule has 0 unspecified atom stereocenters. The molecular weight excluding hydrogens is 278 g/mol. The number of carbonyl (C=O) groups excluding carboxylic acids is 1. The standard InChI is InChI=1S/C14H20BrNO/c1-11-5-4-6-12(9-11)7-8-13(17)16-14(2,3)10-15/h4-6,9H,7-8,10H2,1-3H3,(H,16,17). The van der Waals surface area contributed by atoms with Crippen LogP contribution in [0.15, 0.2) is 24.3 Å². The Labute approximate surface area is 112 Å².